The van der Waals surface area contributed by atoms with Crippen molar-refractivity contribution in [3.05, 3.63) is 41.5 Å². The molecule has 0 amide bonds. The first-order valence-electron chi connectivity index (χ1n) is 7.69. The normalized spacial score (nSPS) is 29.9. The first kappa shape index (κ1) is 14.1. The molecule has 22 heavy (non-hydrogen) atoms. The Balaban J connectivity index is 1.31. The number of rotatable bonds is 4. The van der Waals surface area contributed by atoms with Crippen molar-refractivity contribution in [2.45, 2.75) is 44.2 Å². The summed E-state index contributed by atoms with van der Waals surface area (Å²) in [7, 11) is 0. The van der Waals surface area contributed by atoms with Crippen LogP contribution < -0.4 is 11.1 Å². The summed E-state index contributed by atoms with van der Waals surface area (Å²) in [6.07, 6.45) is 5.40. The fourth-order valence-electron chi connectivity index (χ4n) is 3.82. The zero-order valence-corrected chi connectivity index (χ0v) is 13.1. The van der Waals surface area contributed by atoms with E-state index in [4.69, 9.17) is 5.73 Å². The number of hydrogen-bond donors (Lipinski definition) is 2. The van der Waals surface area contributed by atoms with Gasteiger partial charge in [0.25, 0.3) is 0 Å². The highest BCUT2D eigenvalue weighted by atomic mass is 32.1. The molecule has 2 saturated carbocycles. The van der Waals surface area contributed by atoms with Gasteiger partial charge in [-0.25, -0.2) is 9.37 Å². The number of aromatic nitrogens is 2. The van der Waals surface area contributed by atoms with Gasteiger partial charge in [0.2, 0.25) is 5.13 Å². The van der Waals surface area contributed by atoms with Gasteiger partial charge >= 0.3 is 0 Å². The SMILES string of the molecule is NC1CC2(C1)CC(Nc1nc(Cc3ccc(F)cc3)ns1)C2. The molecule has 3 N–H and O–H groups in total. The molecule has 1 heterocycles. The molecule has 4 rings (SSSR count). The molecule has 116 valence electrons. The standard InChI is InChI=1S/C16H19FN4S/c17-11-3-1-10(2-4-11)5-14-20-15(22-21-14)19-13-8-16(9-13)6-12(18)7-16/h1-4,12-13H,5-9,18H2,(H,19,20,21). The topological polar surface area (TPSA) is 63.8 Å². The van der Waals surface area contributed by atoms with E-state index in [1.54, 1.807) is 12.1 Å². The quantitative estimate of drug-likeness (QED) is 0.910. The average Bonchev–Trinajstić information content (AvgIpc) is 2.85. The van der Waals surface area contributed by atoms with Crippen molar-refractivity contribution < 1.29 is 4.39 Å². The van der Waals surface area contributed by atoms with E-state index >= 15 is 0 Å². The van der Waals surface area contributed by atoms with Gasteiger partial charge in [-0.3, -0.25) is 0 Å². The average molecular weight is 318 g/mol. The Morgan fingerprint density at radius 1 is 1.23 bits per heavy atom. The van der Waals surface area contributed by atoms with Gasteiger partial charge in [-0.05, 0) is 48.8 Å². The minimum absolute atomic E-state index is 0.216. The Morgan fingerprint density at radius 2 is 1.95 bits per heavy atom. The van der Waals surface area contributed by atoms with Crippen molar-refractivity contribution in [3.63, 3.8) is 0 Å². The van der Waals surface area contributed by atoms with Crippen LogP contribution in [0.5, 0.6) is 0 Å². The van der Waals surface area contributed by atoms with Gasteiger partial charge in [-0.15, -0.1) is 0 Å². The second-order valence-corrected chi connectivity index (χ2v) is 7.49. The highest BCUT2D eigenvalue weighted by Gasteiger charge is 2.51. The van der Waals surface area contributed by atoms with E-state index in [0.717, 1.165) is 16.5 Å². The van der Waals surface area contributed by atoms with Gasteiger partial charge in [-0.2, -0.15) is 4.37 Å². The number of nitrogens with one attached hydrogen (secondary N) is 1. The first-order valence-corrected chi connectivity index (χ1v) is 8.47. The fourth-order valence-corrected chi connectivity index (χ4v) is 4.48. The Kier molecular flexibility index (Phi) is 3.38. The second kappa shape index (κ2) is 5.28. The van der Waals surface area contributed by atoms with Gasteiger partial charge in [0.15, 0.2) is 0 Å². The monoisotopic (exact) mass is 318 g/mol. The Hall–Kier alpha value is -1.53. The number of nitrogens with zero attached hydrogens (tertiary/aromatic N) is 2. The van der Waals surface area contributed by atoms with Crippen LogP contribution in [0.3, 0.4) is 0 Å². The zero-order chi connectivity index (χ0) is 15.2. The Labute approximate surface area is 133 Å². The predicted molar refractivity (Wildman–Crippen MR) is 85.4 cm³/mol. The third-order valence-corrected chi connectivity index (χ3v) is 5.50. The van der Waals surface area contributed by atoms with Crippen LogP contribution in [0.15, 0.2) is 24.3 Å². The first-order chi connectivity index (χ1) is 10.6. The lowest BCUT2D eigenvalue weighted by atomic mass is 9.52. The molecule has 1 spiro atoms. The summed E-state index contributed by atoms with van der Waals surface area (Å²) in [6, 6.07) is 7.43. The van der Waals surface area contributed by atoms with Crippen molar-refractivity contribution in [2.24, 2.45) is 11.1 Å². The van der Waals surface area contributed by atoms with Gasteiger partial charge in [-0.1, -0.05) is 12.1 Å². The Morgan fingerprint density at radius 3 is 2.64 bits per heavy atom. The van der Waals surface area contributed by atoms with Crippen LogP contribution >= 0.6 is 11.5 Å². The van der Waals surface area contributed by atoms with Crippen LogP contribution in [0.2, 0.25) is 0 Å². The van der Waals surface area contributed by atoms with Crippen LogP contribution in [-0.4, -0.2) is 21.4 Å². The molecule has 0 aliphatic heterocycles. The third kappa shape index (κ3) is 2.73. The smallest absolute Gasteiger partial charge is 0.202 e. The summed E-state index contributed by atoms with van der Waals surface area (Å²) in [5.41, 5.74) is 7.43. The number of nitrogens with two attached hydrogens (primary N) is 1. The van der Waals surface area contributed by atoms with Crippen LogP contribution in [0.1, 0.15) is 37.1 Å². The molecule has 1 aromatic heterocycles. The molecule has 6 heteroatoms. The van der Waals surface area contributed by atoms with Gasteiger partial charge in [0.1, 0.15) is 11.6 Å². The van der Waals surface area contributed by atoms with Crippen LogP contribution in [0, 0.1) is 11.2 Å². The summed E-state index contributed by atoms with van der Waals surface area (Å²) in [5.74, 6) is 0.575. The number of halogens is 1. The molecular weight excluding hydrogens is 299 g/mol. The lowest BCUT2D eigenvalue weighted by molar-refractivity contribution is 0.00121. The molecule has 0 bridgehead atoms. The second-order valence-electron chi connectivity index (χ2n) is 6.74. The highest BCUT2D eigenvalue weighted by molar-refractivity contribution is 7.09. The highest BCUT2D eigenvalue weighted by Crippen LogP contribution is 2.55. The largest absolute Gasteiger partial charge is 0.358 e. The van der Waals surface area contributed by atoms with Crippen molar-refractivity contribution >= 4 is 16.7 Å². The zero-order valence-electron chi connectivity index (χ0n) is 12.3. The lowest BCUT2D eigenvalue weighted by Crippen LogP contribution is -2.57. The fraction of sp³-hybridized carbons (Fsp3) is 0.500. The molecule has 1 aromatic carbocycles. The maximum absolute atomic E-state index is 12.9. The maximum atomic E-state index is 12.9. The van der Waals surface area contributed by atoms with Gasteiger partial charge < -0.3 is 11.1 Å². The molecule has 0 atom stereocenters. The molecule has 2 aromatic rings. The number of benzene rings is 1. The molecule has 2 aliphatic carbocycles. The molecular formula is C16H19FN4S. The van der Waals surface area contributed by atoms with E-state index in [0.29, 0.717) is 23.9 Å². The van der Waals surface area contributed by atoms with Gasteiger partial charge in [0.05, 0.1) is 0 Å². The van der Waals surface area contributed by atoms with Gasteiger partial charge in [0, 0.05) is 30.0 Å². The van der Waals surface area contributed by atoms with Crippen molar-refractivity contribution in [2.75, 3.05) is 5.32 Å². The van der Waals surface area contributed by atoms with Crippen LogP contribution in [0.25, 0.3) is 0 Å². The number of hydrogen-bond acceptors (Lipinski definition) is 5. The minimum Gasteiger partial charge on any atom is -0.358 e. The van der Waals surface area contributed by atoms with Crippen molar-refractivity contribution in [1.29, 1.82) is 0 Å². The molecule has 4 nitrogen and oxygen atoms in total. The van der Waals surface area contributed by atoms with Crippen LogP contribution in [-0.2, 0) is 6.42 Å². The predicted octanol–water partition coefficient (Wildman–Crippen LogP) is 2.95. The van der Waals surface area contributed by atoms with Crippen molar-refractivity contribution in [3.8, 4) is 0 Å². The summed E-state index contributed by atoms with van der Waals surface area (Å²) in [6.45, 7) is 0. The van der Waals surface area contributed by atoms with E-state index in [1.807, 2.05) is 0 Å². The summed E-state index contributed by atoms with van der Waals surface area (Å²) in [4.78, 5) is 4.53. The van der Waals surface area contributed by atoms with E-state index in [2.05, 4.69) is 14.7 Å². The molecule has 0 saturated heterocycles. The summed E-state index contributed by atoms with van der Waals surface area (Å²) in [5, 5.41) is 4.37. The van der Waals surface area contributed by atoms with Crippen LogP contribution in [0.4, 0.5) is 9.52 Å². The minimum atomic E-state index is -0.216. The molecule has 0 radical (unpaired) electrons. The van der Waals surface area contributed by atoms with E-state index in [1.165, 1.54) is 49.3 Å². The Bertz CT molecular complexity index is 655. The van der Waals surface area contributed by atoms with E-state index in [9.17, 15) is 4.39 Å². The maximum Gasteiger partial charge on any atom is 0.202 e. The third-order valence-electron chi connectivity index (χ3n) is 4.82. The van der Waals surface area contributed by atoms with Crippen molar-refractivity contribution in [1.82, 2.24) is 9.36 Å². The van der Waals surface area contributed by atoms with E-state index in [-0.39, 0.29) is 5.82 Å². The molecule has 0 unspecified atom stereocenters. The molecule has 2 aliphatic rings. The summed E-state index contributed by atoms with van der Waals surface area (Å²) >= 11 is 1.40. The lowest BCUT2D eigenvalue weighted by Gasteiger charge is -2.56. The number of anilines is 1. The molecule has 2 fully saturated rings. The summed E-state index contributed by atoms with van der Waals surface area (Å²) < 4.78 is 17.3. The van der Waals surface area contributed by atoms with E-state index < -0.39 is 0 Å².